The molecule has 0 atom stereocenters. The molecule has 0 saturated heterocycles. The van der Waals surface area contributed by atoms with Gasteiger partial charge in [0.05, 0.1) is 4.90 Å². The second-order valence-electron chi connectivity index (χ2n) is 5.03. The third-order valence-electron chi connectivity index (χ3n) is 3.26. The van der Waals surface area contributed by atoms with Crippen LogP contribution in [0.3, 0.4) is 0 Å². The van der Waals surface area contributed by atoms with Gasteiger partial charge in [-0.05, 0) is 43.0 Å². The molecule has 1 N–H and O–H groups in total. The number of benzene rings is 1. The molecule has 5 heteroatoms. The summed E-state index contributed by atoms with van der Waals surface area (Å²) < 4.78 is 25.3. The van der Waals surface area contributed by atoms with Crippen LogP contribution in [-0.2, 0) is 16.6 Å². The normalized spacial score (nSPS) is 16.2. The predicted octanol–water partition coefficient (Wildman–Crippen LogP) is 1.50. The Morgan fingerprint density at radius 3 is 2.56 bits per heavy atom. The number of rotatable bonds is 5. The molecule has 4 nitrogen and oxygen atoms in total. The number of aryl methyl sites for hydroxylation is 1. The summed E-state index contributed by atoms with van der Waals surface area (Å²) in [5.74, 6) is 0. The zero-order valence-electron chi connectivity index (χ0n) is 11.1. The SMILES string of the molecule is Cc1ccc(S(=O)(=O)N(C)C)cc1CNC1CC1. The van der Waals surface area contributed by atoms with Crippen molar-refractivity contribution >= 4 is 10.0 Å². The van der Waals surface area contributed by atoms with Crippen LogP contribution in [-0.4, -0.2) is 32.9 Å². The van der Waals surface area contributed by atoms with E-state index >= 15 is 0 Å². The second kappa shape index (κ2) is 4.99. The van der Waals surface area contributed by atoms with Crippen molar-refractivity contribution in [2.24, 2.45) is 0 Å². The molecule has 0 aliphatic heterocycles. The Labute approximate surface area is 109 Å². The molecule has 0 spiro atoms. The molecule has 0 heterocycles. The van der Waals surface area contributed by atoms with Crippen LogP contribution in [0.4, 0.5) is 0 Å². The molecule has 1 aromatic rings. The highest BCUT2D eigenvalue weighted by atomic mass is 32.2. The summed E-state index contributed by atoms with van der Waals surface area (Å²) in [5, 5.41) is 3.41. The highest BCUT2D eigenvalue weighted by Crippen LogP contribution is 2.22. The van der Waals surface area contributed by atoms with E-state index in [-0.39, 0.29) is 0 Å². The zero-order chi connectivity index (χ0) is 13.3. The second-order valence-corrected chi connectivity index (χ2v) is 7.18. The Hall–Kier alpha value is -0.910. The highest BCUT2D eigenvalue weighted by molar-refractivity contribution is 7.89. The van der Waals surface area contributed by atoms with Gasteiger partial charge in [-0.3, -0.25) is 0 Å². The Bertz CT molecular complexity index is 534. The van der Waals surface area contributed by atoms with E-state index in [4.69, 9.17) is 0 Å². The summed E-state index contributed by atoms with van der Waals surface area (Å²) in [6, 6.07) is 5.95. The number of nitrogens with one attached hydrogen (secondary N) is 1. The van der Waals surface area contributed by atoms with Crippen molar-refractivity contribution in [3.63, 3.8) is 0 Å². The van der Waals surface area contributed by atoms with Gasteiger partial charge < -0.3 is 5.32 Å². The van der Waals surface area contributed by atoms with E-state index in [1.807, 2.05) is 13.0 Å². The van der Waals surface area contributed by atoms with Crippen LogP contribution in [0.5, 0.6) is 0 Å². The molecule has 1 saturated carbocycles. The van der Waals surface area contributed by atoms with Crippen LogP contribution >= 0.6 is 0 Å². The van der Waals surface area contributed by atoms with Crippen molar-refractivity contribution in [3.05, 3.63) is 29.3 Å². The molecular weight excluding hydrogens is 248 g/mol. The van der Waals surface area contributed by atoms with Crippen molar-refractivity contribution in [3.8, 4) is 0 Å². The van der Waals surface area contributed by atoms with Gasteiger partial charge >= 0.3 is 0 Å². The first kappa shape index (κ1) is 13.5. The van der Waals surface area contributed by atoms with Crippen molar-refractivity contribution < 1.29 is 8.42 Å². The van der Waals surface area contributed by atoms with E-state index in [1.54, 1.807) is 26.2 Å². The monoisotopic (exact) mass is 268 g/mol. The summed E-state index contributed by atoms with van der Waals surface area (Å²) >= 11 is 0. The molecule has 0 unspecified atom stereocenters. The molecule has 1 fully saturated rings. The molecule has 1 aliphatic rings. The van der Waals surface area contributed by atoms with E-state index in [0.717, 1.165) is 17.7 Å². The third kappa shape index (κ3) is 2.91. The Morgan fingerprint density at radius 2 is 2.00 bits per heavy atom. The lowest BCUT2D eigenvalue weighted by molar-refractivity contribution is 0.520. The molecule has 1 aliphatic carbocycles. The molecule has 18 heavy (non-hydrogen) atoms. The Balaban J connectivity index is 2.24. The maximum atomic E-state index is 12.1. The van der Waals surface area contributed by atoms with E-state index in [0.29, 0.717) is 10.9 Å². The molecular formula is C13H20N2O2S. The number of hydrogen-bond donors (Lipinski definition) is 1. The van der Waals surface area contributed by atoms with E-state index in [2.05, 4.69) is 5.32 Å². The van der Waals surface area contributed by atoms with Gasteiger partial charge in [-0.2, -0.15) is 0 Å². The molecule has 2 rings (SSSR count). The smallest absolute Gasteiger partial charge is 0.242 e. The quantitative estimate of drug-likeness (QED) is 0.880. The van der Waals surface area contributed by atoms with E-state index in [1.165, 1.54) is 17.1 Å². The minimum absolute atomic E-state index is 0.366. The van der Waals surface area contributed by atoms with Crippen molar-refractivity contribution in [1.82, 2.24) is 9.62 Å². The highest BCUT2D eigenvalue weighted by Gasteiger charge is 2.21. The van der Waals surface area contributed by atoms with Crippen molar-refractivity contribution in [2.45, 2.75) is 37.2 Å². The van der Waals surface area contributed by atoms with Gasteiger partial charge in [0.1, 0.15) is 0 Å². The van der Waals surface area contributed by atoms with E-state index in [9.17, 15) is 8.42 Å². The largest absolute Gasteiger partial charge is 0.310 e. The summed E-state index contributed by atoms with van der Waals surface area (Å²) in [6.07, 6.45) is 2.46. The average Bonchev–Trinajstić information content (AvgIpc) is 3.11. The fourth-order valence-electron chi connectivity index (χ4n) is 1.75. The lowest BCUT2D eigenvalue weighted by Crippen LogP contribution is -2.23. The standard InChI is InChI=1S/C13H20N2O2S/c1-10-4-7-13(18(16,17)15(2)3)8-11(10)9-14-12-5-6-12/h4,7-8,12,14H,5-6,9H2,1-3H3. The van der Waals surface area contributed by atoms with Crippen LogP contribution < -0.4 is 5.32 Å². The summed E-state index contributed by atoms with van der Waals surface area (Å²) in [5.41, 5.74) is 2.19. The lowest BCUT2D eigenvalue weighted by Gasteiger charge is -2.14. The third-order valence-corrected chi connectivity index (χ3v) is 5.07. The fourth-order valence-corrected chi connectivity index (χ4v) is 2.70. The molecule has 0 bridgehead atoms. The maximum absolute atomic E-state index is 12.1. The van der Waals surface area contributed by atoms with Gasteiger partial charge in [0, 0.05) is 26.7 Å². The first-order valence-electron chi connectivity index (χ1n) is 6.16. The van der Waals surface area contributed by atoms with Gasteiger partial charge in [0.25, 0.3) is 0 Å². The van der Waals surface area contributed by atoms with Crippen LogP contribution in [0.1, 0.15) is 24.0 Å². The van der Waals surface area contributed by atoms with E-state index < -0.39 is 10.0 Å². The average molecular weight is 268 g/mol. The molecule has 100 valence electrons. The van der Waals surface area contributed by atoms with Gasteiger partial charge in [-0.15, -0.1) is 0 Å². The number of sulfonamides is 1. The van der Waals surface area contributed by atoms with Crippen molar-refractivity contribution in [2.75, 3.05) is 14.1 Å². The number of hydrogen-bond acceptors (Lipinski definition) is 3. The zero-order valence-corrected chi connectivity index (χ0v) is 11.9. The van der Waals surface area contributed by atoms with Crippen LogP contribution in [0, 0.1) is 6.92 Å². The summed E-state index contributed by atoms with van der Waals surface area (Å²) in [7, 11) is -0.228. The minimum atomic E-state index is -3.33. The van der Waals surface area contributed by atoms with Gasteiger partial charge in [0.15, 0.2) is 0 Å². The van der Waals surface area contributed by atoms with Crippen LogP contribution in [0.25, 0.3) is 0 Å². The topological polar surface area (TPSA) is 49.4 Å². The summed E-state index contributed by atoms with van der Waals surface area (Å²) in [4.78, 5) is 0.366. The molecule has 0 radical (unpaired) electrons. The van der Waals surface area contributed by atoms with Gasteiger partial charge in [0.2, 0.25) is 10.0 Å². The minimum Gasteiger partial charge on any atom is -0.310 e. The Morgan fingerprint density at radius 1 is 1.33 bits per heavy atom. The Kier molecular flexibility index (Phi) is 3.75. The lowest BCUT2D eigenvalue weighted by atomic mass is 10.1. The molecule has 0 amide bonds. The first-order valence-corrected chi connectivity index (χ1v) is 7.60. The number of nitrogens with zero attached hydrogens (tertiary/aromatic N) is 1. The van der Waals surface area contributed by atoms with Crippen molar-refractivity contribution in [1.29, 1.82) is 0 Å². The summed E-state index contributed by atoms with van der Waals surface area (Å²) in [6.45, 7) is 2.75. The fraction of sp³-hybridized carbons (Fsp3) is 0.538. The molecule has 0 aromatic heterocycles. The first-order chi connectivity index (χ1) is 8.41. The molecule has 1 aromatic carbocycles. The van der Waals surface area contributed by atoms with Crippen LogP contribution in [0.15, 0.2) is 23.1 Å². The van der Waals surface area contributed by atoms with Gasteiger partial charge in [-0.1, -0.05) is 6.07 Å². The predicted molar refractivity (Wildman–Crippen MR) is 71.9 cm³/mol. The maximum Gasteiger partial charge on any atom is 0.242 e. The van der Waals surface area contributed by atoms with Gasteiger partial charge in [-0.25, -0.2) is 12.7 Å². The van der Waals surface area contributed by atoms with Crippen LogP contribution in [0.2, 0.25) is 0 Å².